The topological polar surface area (TPSA) is 60.2 Å². The summed E-state index contributed by atoms with van der Waals surface area (Å²) in [6.07, 6.45) is 8.56. The summed E-state index contributed by atoms with van der Waals surface area (Å²) in [5.74, 6) is 0.156. The first-order valence-corrected chi connectivity index (χ1v) is 13.6. The van der Waals surface area contributed by atoms with Crippen molar-refractivity contribution in [3.05, 3.63) is 71.4 Å². The van der Waals surface area contributed by atoms with Gasteiger partial charge in [-0.3, -0.25) is 10.1 Å². The zero-order chi connectivity index (χ0) is 24.1. The molecule has 2 aliphatic rings. The molecule has 3 N–H and O–H groups in total. The highest BCUT2D eigenvalue weighted by atomic mass is 16.2. The molecule has 1 atom stereocenters. The Labute approximate surface area is 209 Å². The van der Waals surface area contributed by atoms with Gasteiger partial charge in [0.25, 0.3) is 0 Å². The summed E-state index contributed by atoms with van der Waals surface area (Å²) in [7, 11) is 0. The number of hydrogen-bond donors (Lipinski definition) is 3. The van der Waals surface area contributed by atoms with E-state index in [4.69, 9.17) is 0 Å². The first kappa shape index (κ1) is 24.1. The number of unbranched alkanes of at least 4 members (excludes halogenated alkanes) is 3. The van der Waals surface area contributed by atoms with Crippen LogP contribution in [-0.2, 0) is 23.2 Å². The van der Waals surface area contributed by atoms with Crippen molar-refractivity contribution in [1.29, 1.82) is 0 Å². The molecule has 2 aliphatic heterocycles. The number of amides is 1. The van der Waals surface area contributed by atoms with Crippen molar-refractivity contribution in [2.24, 2.45) is 0 Å². The highest BCUT2D eigenvalue weighted by molar-refractivity contribution is 5.88. The van der Waals surface area contributed by atoms with Crippen molar-refractivity contribution in [1.82, 2.24) is 20.5 Å². The highest BCUT2D eigenvalue weighted by Gasteiger charge is 2.45. The third kappa shape index (κ3) is 5.31. The van der Waals surface area contributed by atoms with Gasteiger partial charge < -0.3 is 15.2 Å². The third-order valence-corrected chi connectivity index (χ3v) is 8.07. The highest BCUT2D eigenvalue weighted by Crippen LogP contribution is 2.41. The molecule has 1 unspecified atom stereocenters. The lowest BCUT2D eigenvalue weighted by Crippen LogP contribution is -2.61. The molecule has 3 aromatic rings. The summed E-state index contributed by atoms with van der Waals surface area (Å²) < 4.78 is 0. The number of aromatic nitrogens is 1. The second-order valence-corrected chi connectivity index (χ2v) is 10.4. The number of hydrogen-bond acceptors (Lipinski definition) is 3. The maximum Gasteiger partial charge on any atom is 0.237 e. The molecule has 2 aromatic carbocycles. The van der Waals surface area contributed by atoms with E-state index in [1.165, 1.54) is 47.0 Å². The van der Waals surface area contributed by atoms with Crippen molar-refractivity contribution in [2.75, 3.05) is 26.2 Å². The fraction of sp³-hybridized carbons (Fsp3) is 0.500. The van der Waals surface area contributed by atoms with Crippen molar-refractivity contribution < 1.29 is 4.79 Å². The van der Waals surface area contributed by atoms with E-state index >= 15 is 0 Å². The number of rotatable bonds is 9. The largest absolute Gasteiger partial charge is 0.357 e. The zero-order valence-electron chi connectivity index (χ0n) is 21.1. The van der Waals surface area contributed by atoms with E-state index in [-0.39, 0.29) is 17.5 Å². The number of likely N-dealkylation sites (tertiary alicyclic amines) is 1. The first-order chi connectivity index (χ1) is 17.2. The molecule has 186 valence electrons. The molecule has 5 heteroatoms. The summed E-state index contributed by atoms with van der Waals surface area (Å²) in [6, 6.07) is 19.2. The molecule has 5 rings (SSSR count). The summed E-state index contributed by atoms with van der Waals surface area (Å²) >= 11 is 0. The quantitative estimate of drug-likeness (QED) is 0.388. The number of nitrogens with zero attached hydrogens (tertiary/aromatic N) is 1. The summed E-state index contributed by atoms with van der Waals surface area (Å²) in [6.45, 7) is 6.16. The Morgan fingerprint density at radius 3 is 2.60 bits per heavy atom. The molecule has 0 radical (unpaired) electrons. The van der Waals surface area contributed by atoms with Gasteiger partial charge in [0.2, 0.25) is 5.91 Å². The third-order valence-electron chi connectivity index (χ3n) is 8.07. The first-order valence-electron chi connectivity index (χ1n) is 13.6. The number of H-pyrrole nitrogens is 1. The van der Waals surface area contributed by atoms with Gasteiger partial charge in [-0.2, -0.15) is 0 Å². The van der Waals surface area contributed by atoms with E-state index in [1.54, 1.807) is 0 Å². The van der Waals surface area contributed by atoms with Crippen LogP contribution in [0, 0.1) is 0 Å². The minimum atomic E-state index is -0.177. The predicted octanol–water partition coefficient (Wildman–Crippen LogP) is 4.91. The average molecular weight is 473 g/mol. The van der Waals surface area contributed by atoms with Gasteiger partial charge in [0.1, 0.15) is 0 Å². The molecular formula is C30H40N4O. The number of fused-ring (bicyclic) bond motifs is 4. The fourth-order valence-electron chi connectivity index (χ4n) is 6.01. The van der Waals surface area contributed by atoms with Gasteiger partial charge in [-0.25, -0.2) is 0 Å². The number of piperidine rings is 1. The van der Waals surface area contributed by atoms with E-state index < -0.39 is 0 Å². The van der Waals surface area contributed by atoms with Crippen LogP contribution in [0.4, 0.5) is 0 Å². The zero-order valence-corrected chi connectivity index (χ0v) is 21.1. The van der Waals surface area contributed by atoms with Crippen LogP contribution < -0.4 is 10.6 Å². The number of benzene rings is 2. The maximum atomic E-state index is 13.3. The Morgan fingerprint density at radius 2 is 1.80 bits per heavy atom. The normalized spacial score (nSPS) is 19.6. The Kier molecular flexibility index (Phi) is 7.54. The van der Waals surface area contributed by atoms with Crippen molar-refractivity contribution in [3.8, 4) is 0 Å². The van der Waals surface area contributed by atoms with Gasteiger partial charge in [0, 0.05) is 42.8 Å². The molecule has 1 amide bonds. The molecule has 1 aromatic heterocycles. The van der Waals surface area contributed by atoms with Gasteiger partial charge in [-0.1, -0.05) is 74.7 Å². The van der Waals surface area contributed by atoms with Gasteiger partial charge in [-0.15, -0.1) is 0 Å². The minimum absolute atomic E-state index is 0.156. The van der Waals surface area contributed by atoms with Crippen LogP contribution in [0.15, 0.2) is 54.6 Å². The van der Waals surface area contributed by atoms with Crippen LogP contribution in [0.25, 0.3) is 10.9 Å². The Morgan fingerprint density at radius 1 is 1.03 bits per heavy atom. The summed E-state index contributed by atoms with van der Waals surface area (Å²) in [4.78, 5) is 19.6. The van der Waals surface area contributed by atoms with Crippen LogP contribution in [0.3, 0.4) is 0 Å². The molecule has 1 saturated heterocycles. The van der Waals surface area contributed by atoms with Crippen LogP contribution in [0.1, 0.15) is 62.3 Å². The Hall–Kier alpha value is -2.63. The van der Waals surface area contributed by atoms with Gasteiger partial charge in [0.15, 0.2) is 0 Å². The van der Waals surface area contributed by atoms with Crippen LogP contribution in [-0.4, -0.2) is 48.0 Å². The van der Waals surface area contributed by atoms with E-state index in [9.17, 15) is 4.79 Å². The summed E-state index contributed by atoms with van der Waals surface area (Å²) in [5, 5.41) is 8.37. The van der Waals surface area contributed by atoms with Crippen LogP contribution in [0.5, 0.6) is 0 Å². The number of para-hydroxylation sites is 1. The van der Waals surface area contributed by atoms with Gasteiger partial charge in [-0.05, 0) is 49.3 Å². The van der Waals surface area contributed by atoms with Crippen molar-refractivity contribution in [3.63, 3.8) is 0 Å². The lowest BCUT2D eigenvalue weighted by molar-refractivity contribution is -0.124. The van der Waals surface area contributed by atoms with Gasteiger partial charge in [0.05, 0.1) is 11.6 Å². The summed E-state index contributed by atoms with van der Waals surface area (Å²) in [5.41, 5.74) is 5.07. The number of carbonyl (C=O) groups excluding carboxylic acids is 1. The molecule has 3 heterocycles. The standard InChI is InChI=1S/C30H40N4O/c1-2-3-4-10-18-31-29(35)27-22-25-24-13-8-9-14-26(24)32-28(25)30(33-27)16-20-34(21-17-30)19-15-23-11-6-5-7-12-23/h5-9,11-14,27,32-33H,2-4,10,15-22H2,1H3,(H,31,35). The predicted molar refractivity (Wildman–Crippen MR) is 144 cm³/mol. The van der Waals surface area contributed by atoms with E-state index in [0.29, 0.717) is 0 Å². The average Bonchev–Trinajstić information content (AvgIpc) is 3.28. The smallest absolute Gasteiger partial charge is 0.237 e. The number of carbonyl (C=O) groups is 1. The molecular weight excluding hydrogens is 432 g/mol. The Balaban J connectivity index is 1.30. The van der Waals surface area contributed by atoms with E-state index in [2.05, 4.69) is 82.0 Å². The van der Waals surface area contributed by atoms with Crippen molar-refractivity contribution in [2.45, 2.75) is 69.9 Å². The Bertz CT molecular complexity index is 1110. The minimum Gasteiger partial charge on any atom is -0.357 e. The van der Waals surface area contributed by atoms with E-state index in [1.807, 2.05) is 0 Å². The second kappa shape index (κ2) is 11.0. The lowest BCUT2D eigenvalue weighted by Gasteiger charge is -2.47. The molecule has 0 aliphatic carbocycles. The molecule has 0 saturated carbocycles. The SMILES string of the molecule is CCCCCCNC(=O)C1Cc2c([nH]c3ccccc23)C2(CCN(CCc3ccccc3)CC2)N1. The molecule has 1 spiro atoms. The van der Waals surface area contributed by atoms with Crippen LogP contribution in [0.2, 0.25) is 0 Å². The molecule has 35 heavy (non-hydrogen) atoms. The van der Waals surface area contributed by atoms with E-state index in [0.717, 1.165) is 58.3 Å². The maximum absolute atomic E-state index is 13.3. The molecule has 0 bridgehead atoms. The number of nitrogens with one attached hydrogen (secondary N) is 3. The van der Waals surface area contributed by atoms with Gasteiger partial charge >= 0.3 is 0 Å². The van der Waals surface area contributed by atoms with Crippen molar-refractivity contribution >= 4 is 16.8 Å². The second-order valence-electron chi connectivity index (χ2n) is 10.4. The van der Waals surface area contributed by atoms with Crippen LogP contribution >= 0.6 is 0 Å². The fourth-order valence-corrected chi connectivity index (χ4v) is 6.01. The monoisotopic (exact) mass is 472 g/mol. The molecule has 1 fully saturated rings. The molecule has 5 nitrogen and oxygen atoms in total. The number of aromatic amines is 1. The lowest BCUT2D eigenvalue weighted by atomic mass is 9.77.